The Morgan fingerprint density at radius 2 is 2.39 bits per heavy atom. The zero-order chi connectivity index (χ0) is 13.5. The van der Waals surface area contributed by atoms with Gasteiger partial charge >= 0.3 is 5.97 Å². The highest BCUT2D eigenvalue weighted by Crippen LogP contribution is 2.23. The van der Waals surface area contributed by atoms with E-state index >= 15 is 0 Å². The second-order valence-electron chi connectivity index (χ2n) is 3.76. The van der Waals surface area contributed by atoms with Gasteiger partial charge in [0, 0.05) is 12.7 Å². The Bertz CT molecular complexity index is 449. The molecular weight excluding hydrogens is 256 g/mol. The Kier molecular flexibility index (Phi) is 5.61. The Morgan fingerprint density at radius 1 is 1.67 bits per heavy atom. The number of hydrogen-bond acceptors (Lipinski definition) is 4. The summed E-state index contributed by atoms with van der Waals surface area (Å²) in [5.41, 5.74) is 0.969. The van der Waals surface area contributed by atoms with E-state index in [9.17, 15) is 4.79 Å². The predicted molar refractivity (Wildman–Crippen MR) is 70.3 cm³/mol. The molecule has 0 aliphatic rings. The van der Waals surface area contributed by atoms with E-state index in [-0.39, 0.29) is 10.6 Å². The molecule has 0 aliphatic carbocycles. The number of carbonyl (C=O) groups is 1. The van der Waals surface area contributed by atoms with Gasteiger partial charge in [-0.3, -0.25) is 0 Å². The minimum atomic E-state index is -1.08. The maximum Gasteiger partial charge on any atom is 0.337 e. The molecule has 0 bridgehead atoms. The van der Waals surface area contributed by atoms with Gasteiger partial charge in [0.2, 0.25) is 0 Å². The number of halogens is 1. The standard InChI is InChI=1S/C12H15ClN2O3/c1-8(2)7-18-6-5-15-11-10(13)9(12(16)17)3-4-14-11/h3-4H,1,5-7H2,2H3,(H,14,15)(H,16,17). The Morgan fingerprint density at radius 3 is 3.00 bits per heavy atom. The van der Waals surface area contributed by atoms with Crippen LogP contribution in [0, 0.1) is 0 Å². The van der Waals surface area contributed by atoms with Gasteiger partial charge in [-0.05, 0) is 13.0 Å². The van der Waals surface area contributed by atoms with Crippen molar-refractivity contribution in [3.05, 3.63) is 35.0 Å². The average molecular weight is 271 g/mol. The van der Waals surface area contributed by atoms with Crippen LogP contribution in [0.2, 0.25) is 5.02 Å². The number of hydrogen-bond donors (Lipinski definition) is 2. The smallest absolute Gasteiger partial charge is 0.337 e. The molecule has 1 aromatic heterocycles. The van der Waals surface area contributed by atoms with Crippen molar-refractivity contribution in [1.82, 2.24) is 4.98 Å². The van der Waals surface area contributed by atoms with Gasteiger partial charge in [-0.1, -0.05) is 23.8 Å². The lowest BCUT2D eigenvalue weighted by Crippen LogP contribution is -2.12. The summed E-state index contributed by atoms with van der Waals surface area (Å²) in [4.78, 5) is 14.8. The molecule has 6 heteroatoms. The van der Waals surface area contributed by atoms with Crippen molar-refractivity contribution in [2.24, 2.45) is 0 Å². The van der Waals surface area contributed by atoms with Crippen molar-refractivity contribution in [2.45, 2.75) is 6.92 Å². The van der Waals surface area contributed by atoms with Crippen LogP contribution in [0.5, 0.6) is 0 Å². The van der Waals surface area contributed by atoms with Crippen LogP contribution >= 0.6 is 11.6 Å². The van der Waals surface area contributed by atoms with Crippen LogP contribution in [-0.2, 0) is 4.74 Å². The normalized spacial score (nSPS) is 10.1. The summed E-state index contributed by atoms with van der Waals surface area (Å²) in [6.07, 6.45) is 1.40. The van der Waals surface area contributed by atoms with Crippen molar-refractivity contribution in [1.29, 1.82) is 0 Å². The minimum Gasteiger partial charge on any atom is -0.478 e. The Labute approximate surface area is 110 Å². The second kappa shape index (κ2) is 6.98. The van der Waals surface area contributed by atoms with Crippen LogP contribution in [0.4, 0.5) is 5.82 Å². The molecule has 0 amide bonds. The molecule has 1 rings (SSSR count). The predicted octanol–water partition coefficient (Wildman–Crippen LogP) is 2.44. The fourth-order valence-electron chi connectivity index (χ4n) is 1.22. The van der Waals surface area contributed by atoms with Crippen LogP contribution in [0.25, 0.3) is 0 Å². The van der Waals surface area contributed by atoms with E-state index in [0.29, 0.717) is 25.6 Å². The number of ether oxygens (including phenoxy) is 1. The maximum atomic E-state index is 10.9. The highest BCUT2D eigenvalue weighted by atomic mass is 35.5. The third-order valence-electron chi connectivity index (χ3n) is 2.01. The summed E-state index contributed by atoms with van der Waals surface area (Å²) in [6.45, 7) is 7.04. The van der Waals surface area contributed by atoms with Gasteiger partial charge in [0.25, 0.3) is 0 Å². The first-order valence-electron chi connectivity index (χ1n) is 5.36. The number of anilines is 1. The molecule has 18 heavy (non-hydrogen) atoms. The van der Waals surface area contributed by atoms with Gasteiger partial charge in [0.05, 0.1) is 23.8 Å². The molecular formula is C12H15ClN2O3. The molecule has 0 radical (unpaired) electrons. The number of aromatic carboxylic acids is 1. The zero-order valence-electron chi connectivity index (χ0n) is 10.1. The second-order valence-corrected chi connectivity index (χ2v) is 4.14. The largest absolute Gasteiger partial charge is 0.478 e. The number of pyridine rings is 1. The summed E-state index contributed by atoms with van der Waals surface area (Å²) in [6, 6.07) is 1.35. The van der Waals surface area contributed by atoms with E-state index < -0.39 is 5.97 Å². The van der Waals surface area contributed by atoms with Crippen LogP contribution in [-0.4, -0.2) is 35.8 Å². The molecule has 2 N–H and O–H groups in total. The number of carboxylic acids is 1. The van der Waals surface area contributed by atoms with Gasteiger partial charge in [0.15, 0.2) is 0 Å². The molecule has 0 aliphatic heterocycles. The summed E-state index contributed by atoms with van der Waals surface area (Å²) in [7, 11) is 0. The fraction of sp³-hybridized carbons (Fsp3) is 0.333. The van der Waals surface area contributed by atoms with E-state index in [1.54, 1.807) is 0 Å². The van der Waals surface area contributed by atoms with Crippen molar-refractivity contribution in [3.63, 3.8) is 0 Å². The van der Waals surface area contributed by atoms with E-state index in [0.717, 1.165) is 5.57 Å². The first-order chi connectivity index (χ1) is 8.52. The molecule has 98 valence electrons. The third-order valence-corrected chi connectivity index (χ3v) is 2.39. The topological polar surface area (TPSA) is 71.5 Å². The SMILES string of the molecule is C=C(C)COCCNc1nccc(C(=O)O)c1Cl. The molecule has 0 saturated carbocycles. The number of aromatic nitrogens is 1. The fourth-order valence-corrected chi connectivity index (χ4v) is 1.48. The first kappa shape index (κ1) is 14.5. The van der Waals surface area contributed by atoms with Gasteiger partial charge in [0.1, 0.15) is 5.82 Å². The molecule has 0 atom stereocenters. The van der Waals surface area contributed by atoms with Crippen molar-refractivity contribution in [2.75, 3.05) is 25.1 Å². The zero-order valence-corrected chi connectivity index (χ0v) is 10.8. The molecule has 1 aromatic rings. The minimum absolute atomic E-state index is 0.0250. The molecule has 0 fully saturated rings. The summed E-state index contributed by atoms with van der Waals surface area (Å²) < 4.78 is 5.29. The summed E-state index contributed by atoms with van der Waals surface area (Å²) in [5.74, 6) is -0.737. The number of nitrogens with one attached hydrogen (secondary N) is 1. The lowest BCUT2D eigenvalue weighted by Gasteiger charge is -2.09. The Hall–Kier alpha value is -1.59. The third kappa shape index (κ3) is 4.35. The van der Waals surface area contributed by atoms with Gasteiger partial charge in [-0.2, -0.15) is 0 Å². The molecule has 0 saturated heterocycles. The number of carboxylic acid groups (broad SMARTS) is 1. The lowest BCUT2D eigenvalue weighted by molar-refractivity contribution is 0.0697. The molecule has 5 nitrogen and oxygen atoms in total. The monoisotopic (exact) mass is 270 g/mol. The van der Waals surface area contributed by atoms with Gasteiger partial charge in [-0.15, -0.1) is 0 Å². The summed E-state index contributed by atoms with van der Waals surface area (Å²) in [5, 5.41) is 11.9. The van der Waals surface area contributed by atoms with Crippen LogP contribution < -0.4 is 5.32 Å². The molecule has 0 spiro atoms. The van der Waals surface area contributed by atoms with E-state index in [4.69, 9.17) is 21.4 Å². The van der Waals surface area contributed by atoms with Gasteiger partial charge < -0.3 is 15.2 Å². The van der Waals surface area contributed by atoms with Crippen molar-refractivity contribution >= 4 is 23.4 Å². The highest BCUT2D eigenvalue weighted by molar-refractivity contribution is 6.35. The van der Waals surface area contributed by atoms with E-state index in [1.807, 2.05) is 6.92 Å². The summed E-state index contributed by atoms with van der Waals surface area (Å²) >= 11 is 5.91. The lowest BCUT2D eigenvalue weighted by atomic mass is 10.2. The quantitative estimate of drug-likeness (QED) is 0.588. The van der Waals surface area contributed by atoms with Crippen LogP contribution in [0.15, 0.2) is 24.4 Å². The number of rotatable bonds is 7. The molecule has 0 unspecified atom stereocenters. The average Bonchev–Trinajstić information content (AvgIpc) is 2.30. The number of nitrogens with zero attached hydrogens (tertiary/aromatic N) is 1. The first-order valence-corrected chi connectivity index (χ1v) is 5.74. The molecule has 1 heterocycles. The maximum absolute atomic E-state index is 10.9. The van der Waals surface area contributed by atoms with Crippen LogP contribution in [0.3, 0.4) is 0 Å². The van der Waals surface area contributed by atoms with Gasteiger partial charge in [-0.25, -0.2) is 9.78 Å². The van der Waals surface area contributed by atoms with Crippen molar-refractivity contribution < 1.29 is 14.6 Å². The van der Waals surface area contributed by atoms with Crippen LogP contribution in [0.1, 0.15) is 17.3 Å². The Balaban J connectivity index is 2.50. The highest BCUT2D eigenvalue weighted by Gasteiger charge is 2.12. The van der Waals surface area contributed by atoms with Crippen molar-refractivity contribution in [3.8, 4) is 0 Å². The van der Waals surface area contributed by atoms with E-state index in [1.165, 1.54) is 12.3 Å². The molecule has 0 aromatic carbocycles. The van der Waals surface area contributed by atoms with E-state index in [2.05, 4.69) is 16.9 Å².